The van der Waals surface area contributed by atoms with Crippen molar-refractivity contribution in [1.82, 2.24) is 0 Å². The average molecular weight is 357 g/mol. The molecule has 3 rings (SSSR count). The van der Waals surface area contributed by atoms with Gasteiger partial charge in [-0.2, -0.15) is 0 Å². The molecule has 0 unspecified atom stereocenters. The van der Waals surface area contributed by atoms with E-state index < -0.39 is 0 Å². The second kappa shape index (κ2) is 7.99. The Kier molecular flexibility index (Phi) is 5.51. The number of benzene rings is 2. The normalized spacial score (nSPS) is 15.0. The van der Waals surface area contributed by atoms with Gasteiger partial charge in [0.15, 0.2) is 18.1 Å². The Morgan fingerprint density at radius 3 is 2.69 bits per heavy atom. The number of ether oxygens (including phenoxy) is 4. The van der Waals surface area contributed by atoms with E-state index in [4.69, 9.17) is 18.9 Å². The molecule has 1 atom stereocenters. The molecule has 1 aliphatic heterocycles. The number of methoxy groups -OCH3 is 1. The fourth-order valence-electron chi connectivity index (χ4n) is 2.88. The van der Waals surface area contributed by atoms with Crippen LogP contribution in [0.5, 0.6) is 23.0 Å². The van der Waals surface area contributed by atoms with E-state index in [9.17, 15) is 4.79 Å². The number of rotatable bonds is 7. The lowest BCUT2D eigenvalue weighted by atomic mass is 10.1. The molecule has 6 heteroatoms. The molecule has 0 bridgehead atoms. The molecule has 0 aromatic heterocycles. The Bertz CT molecular complexity index is 790. The number of nitrogens with one attached hydrogen (secondary N) is 1. The Hall–Kier alpha value is -2.89. The Labute approximate surface area is 153 Å². The summed E-state index contributed by atoms with van der Waals surface area (Å²) >= 11 is 0. The third kappa shape index (κ3) is 4.02. The number of hydrogen-bond acceptors (Lipinski definition) is 5. The van der Waals surface area contributed by atoms with Gasteiger partial charge in [0.05, 0.1) is 19.4 Å². The topological polar surface area (TPSA) is 66.0 Å². The van der Waals surface area contributed by atoms with Gasteiger partial charge in [0.1, 0.15) is 17.6 Å². The number of amides is 1. The molecule has 1 N–H and O–H groups in total. The second-order valence-electron chi connectivity index (χ2n) is 6.01. The first-order valence-electron chi connectivity index (χ1n) is 8.62. The predicted molar refractivity (Wildman–Crippen MR) is 98.5 cm³/mol. The first-order valence-corrected chi connectivity index (χ1v) is 8.62. The van der Waals surface area contributed by atoms with Gasteiger partial charge in [-0.05, 0) is 32.0 Å². The Balaban J connectivity index is 1.69. The molecule has 1 heterocycles. The Morgan fingerprint density at radius 1 is 1.19 bits per heavy atom. The van der Waals surface area contributed by atoms with Gasteiger partial charge in [-0.15, -0.1) is 0 Å². The van der Waals surface area contributed by atoms with Crippen molar-refractivity contribution in [2.45, 2.75) is 26.4 Å². The molecular formula is C20H23NO5. The lowest BCUT2D eigenvalue weighted by molar-refractivity contribution is -0.118. The van der Waals surface area contributed by atoms with Crippen LogP contribution in [0, 0.1) is 0 Å². The lowest BCUT2D eigenvalue weighted by Gasteiger charge is -2.14. The number of carbonyl (C=O) groups excluding carboxylic acids is 1. The van der Waals surface area contributed by atoms with Crippen LogP contribution in [0.4, 0.5) is 5.69 Å². The highest BCUT2D eigenvalue weighted by Gasteiger charge is 2.22. The number of anilines is 1. The summed E-state index contributed by atoms with van der Waals surface area (Å²) in [5, 5.41) is 2.84. The third-order valence-electron chi connectivity index (χ3n) is 4.00. The van der Waals surface area contributed by atoms with Crippen molar-refractivity contribution in [3.63, 3.8) is 0 Å². The standard InChI is InChI=1S/C20H23NO5/c1-4-24-19-10-14-9-13(2)26-18(14)11-15(19)21-20(22)12-25-17-8-6-5-7-16(17)23-3/h5-8,10-11,13H,4,9,12H2,1-3H3,(H,21,22)/t13-/m0/s1. The maximum Gasteiger partial charge on any atom is 0.262 e. The highest BCUT2D eigenvalue weighted by molar-refractivity contribution is 5.93. The van der Waals surface area contributed by atoms with Crippen molar-refractivity contribution < 1.29 is 23.7 Å². The molecule has 0 spiro atoms. The van der Waals surface area contributed by atoms with Crippen LogP contribution in [0.1, 0.15) is 19.4 Å². The van der Waals surface area contributed by atoms with Crippen molar-refractivity contribution >= 4 is 11.6 Å². The summed E-state index contributed by atoms with van der Waals surface area (Å²) in [4.78, 5) is 12.3. The van der Waals surface area contributed by atoms with Crippen LogP contribution in [-0.4, -0.2) is 32.3 Å². The SMILES string of the molecule is CCOc1cc2c(cc1NC(=O)COc1ccccc1OC)O[C@@H](C)C2. The number of hydrogen-bond donors (Lipinski definition) is 1. The van der Waals surface area contributed by atoms with Crippen molar-refractivity contribution in [3.8, 4) is 23.0 Å². The monoisotopic (exact) mass is 357 g/mol. The van der Waals surface area contributed by atoms with E-state index in [2.05, 4.69) is 5.32 Å². The molecule has 2 aromatic rings. The number of carbonyl (C=O) groups is 1. The molecule has 26 heavy (non-hydrogen) atoms. The first kappa shape index (κ1) is 17.9. The maximum absolute atomic E-state index is 12.3. The van der Waals surface area contributed by atoms with Gasteiger partial charge in [0.2, 0.25) is 0 Å². The summed E-state index contributed by atoms with van der Waals surface area (Å²) in [6, 6.07) is 10.9. The molecule has 2 aromatic carbocycles. The molecule has 0 aliphatic carbocycles. The molecule has 0 saturated carbocycles. The van der Waals surface area contributed by atoms with Crippen molar-refractivity contribution in [3.05, 3.63) is 42.0 Å². The van der Waals surface area contributed by atoms with Crippen LogP contribution in [0.25, 0.3) is 0 Å². The summed E-state index contributed by atoms with van der Waals surface area (Å²) in [6.07, 6.45) is 0.958. The highest BCUT2D eigenvalue weighted by atomic mass is 16.5. The largest absolute Gasteiger partial charge is 0.493 e. The average Bonchev–Trinajstić information content (AvgIpc) is 2.99. The van der Waals surface area contributed by atoms with Crippen LogP contribution >= 0.6 is 0 Å². The van der Waals surface area contributed by atoms with Crippen molar-refractivity contribution in [2.75, 3.05) is 25.6 Å². The van der Waals surface area contributed by atoms with E-state index in [0.717, 1.165) is 17.7 Å². The van der Waals surface area contributed by atoms with E-state index >= 15 is 0 Å². The first-order chi connectivity index (χ1) is 12.6. The fraction of sp³-hybridized carbons (Fsp3) is 0.350. The minimum Gasteiger partial charge on any atom is -0.493 e. The fourth-order valence-corrected chi connectivity index (χ4v) is 2.88. The van der Waals surface area contributed by atoms with E-state index in [-0.39, 0.29) is 18.6 Å². The summed E-state index contributed by atoms with van der Waals surface area (Å²) in [6.45, 7) is 4.29. The van der Waals surface area contributed by atoms with Gasteiger partial charge in [-0.1, -0.05) is 12.1 Å². The van der Waals surface area contributed by atoms with Crippen molar-refractivity contribution in [1.29, 1.82) is 0 Å². The smallest absolute Gasteiger partial charge is 0.262 e. The zero-order valence-electron chi connectivity index (χ0n) is 15.2. The minimum absolute atomic E-state index is 0.124. The quantitative estimate of drug-likeness (QED) is 0.822. The van der Waals surface area contributed by atoms with Gasteiger partial charge in [0, 0.05) is 18.1 Å². The maximum atomic E-state index is 12.3. The number of fused-ring (bicyclic) bond motifs is 1. The molecular weight excluding hydrogens is 334 g/mol. The van der Waals surface area contributed by atoms with Crippen LogP contribution in [0.2, 0.25) is 0 Å². The highest BCUT2D eigenvalue weighted by Crippen LogP contribution is 2.38. The summed E-state index contributed by atoms with van der Waals surface area (Å²) in [7, 11) is 1.56. The Morgan fingerprint density at radius 2 is 1.96 bits per heavy atom. The van der Waals surface area contributed by atoms with Gasteiger partial charge < -0.3 is 24.3 Å². The van der Waals surface area contributed by atoms with Crippen LogP contribution in [0.3, 0.4) is 0 Å². The van der Waals surface area contributed by atoms with E-state index in [0.29, 0.717) is 29.5 Å². The summed E-state index contributed by atoms with van der Waals surface area (Å²) in [5.74, 6) is 2.22. The van der Waals surface area contributed by atoms with Crippen LogP contribution in [-0.2, 0) is 11.2 Å². The van der Waals surface area contributed by atoms with Crippen molar-refractivity contribution in [2.24, 2.45) is 0 Å². The van der Waals surface area contributed by atoms with Crippen LogP contribution < -0.4 is 24.3 Å². The zero-order chi connectivity index (χ0) is 18.5. The van der Waals surface area contributed by atoms with Gasteiger partial charge in [-0.3, -0.25) is 4.79 Å². The predicted octanol–water partition coefficient (Wildman–Crippen LogP) is 3.43. The summed E-state index contributed by atoms with van der Waals surface area (Å²) in [5.41, 5.74) is 1.66. The minimum atomic E-state index is -0.289. The van der Waals surface area contributed by atoms with E-state index in [1.54, 1.807) is 19.2 Å². The molecule has 0 fully saturated rings. The molecule has 0 saturated heterocycles. The van der Waals surface area contributed by atoms with Gasteiger partial charge in [-0.25, -0.2) is 0 Å². The second-order valence-corrected chi connectivity index (χ2v) is 6.01. The summed E-state index contributed by atoms with van der Waals surface area (Å²) < 4.78 is 22.2. The molecule has 6 nitrogen and oxygen atoms in total. The van der Waals surface area contributed by atoms with Gasteiger partial charge >= 0.3 is 0 Å². The van der Waals surface area contributed by atoms with Crippen LogP contribution in [0.15, 0.2) is 36.4 Å². The third-order valence-corrected chi connectivity index (χ3v) is 4.00. The molecule has 0 radical (unpaired) electrons. The van der Waals surface area contributed by atoms with Gasteiger partial charge in [0.25, 0.3) is 5.91 Å². The number of para-hydroxylation sites is 2. The van der Waals surface area contributed by atoms with E-state index in [1.807, 2.05) is 38.1 Å². The lowest BCUT2D eigenvalue weighted by Crippen LogP contribution is -2.21. The molecule has 138 valence electrons. The molecule has 1 amide bonds. The molecule has 1 aliphatic rings. The zero-order valence-corrected chi connectivity index (χ0v) is 15.2. The van der Waals surface area contributed by atoms with E-state index in [1.165, 1.54) is 0 Å².